The molecule has 1 unspecified atom stereocenters. The molecule has 1 aliphatic heterocycles. The van der Waals surface area contributed by atoms with Gasteiger partial charge in [-0.05, 0) is 19.1 Å². The fraction of sp³-hybridized carbons (Fsp3) is 0.500. The van der Waals surface area contributed by atoms with E-state index >= 15 is 0 Å². The number of aliphatic hydroxyl groups excluding tert-OH is 1. The van der Waals surface area contributed by atoms with E-state index in [0.29, 0.717) is 6.54 Å². The molecule has 3 heteroatoms. The van der Waals surface area contributed by atoms with Gasteiger partial charge in [-0.1, -0.05) is 0 Å². The van der Waals surface area contributed by atoms with E-state index < -0.39 is 0 Å². The molecule has 1 N–H and O–H groups in total. The molecule has 0 radical (unpaired) electrons. The van der Waals surface area contributed by atoms with Crippen LogP contribution in [0.25, 0.3) is 0 Å². The third kappa shape index (κ3) is 1.65. The van der Waals surface area contributed by atoms with Crippen LogP contribution in [-0.2, 0) is 6.42 Å². The molecule has 3 nitrogen and oxygen atoms in total. The van der Waals surface area contributed by atoms with Crippen LogP contribution in [0.4, 0.5) is 5.69 Å². The van der Waals surface area contributed by atoms with Crippen molar-refractivity contribution in [2.45, 2.75) is 19.4 Å². The highest BCUT2D eigenvalue weighted by Crippen LogP contribution is 2.25. The average Bonchev–Trinajstić information content (AvgIpc) is 2.48. The van der Waals surface area contributed by atoms with Crippen molar-refractivity contribution in [1.82, 2.24) is 4.98 Å². The van der Waals surface area contributed by atoms with Gasteiger partial charge in [-0.2, -0.15) is 0 Å². The van der Waals surface area contributed by atoms with Crippen molar-refractivity contribution in [2.24, 2.45) is 0 Å². The second kappa shape index (κ2) is 3.34. The Morgan fingerprint density at radius 3 is 3.31 bits per heavy atom. The third-order valence-corrected chi connectivity index (χ3v) is 2.31. The van der Waals surface area contributed by atoms with E-state index in [0.717, 1.165) is 18.7 Å². The summed E-state index contributed by atoms with van der Waals surface area (Å²) in [5, 5.41) is 9.28. The summed E-state index contributed by atoms with van der Waals surface area (Å²) in [7, 11) is 0. The summed E-state index contributed by atoms with van der Waals surface area (Å²) in [5.74, 6) is 0. The normalized spacial score (nSPS) is 17.2. The van der Waals surface area contributed by atoms with Gasteiger partial charge in [-0.25, -0.2) is 0 Å². The van der Waals surface area contributed by atoms with Crippen LogP contribution in [0.15, 0.2) is 18.3 Å². The molecule has 0 spiro atoms. The van der Waals surface area contributed by atoms with Gasteiger partial charge >= 0.3 is 0 Å². The maximum absolute atomic E-state index is 9.28. The average molecular weight is 178 g/mol. The largest absolute Gasteiger partial charge is 0.392 e. The first kappa shape index (κ1) is 8.51. The van der Waals surface area contributed by atoms with Crippen LogP contribution in [0.3, 0.4) is 0 Å². The molecule has 2 rings (SSSR count). The predicted octanol–water partition coefficient (Wildman–Crippen LogP) is 0.825. The lowest BCUT2D eigenvalue weighted by Crippen LogP contribution is -2.29. The van der Waals surface area contributed by atoms with Crippen molar-refractivity contribution in [3.8, 4) is 0 Å². The van der Waals surface area contributed by atoms with E-state index in [1.165, 1.54) is 5.69 Å². The molecule has 0 bridgehead atoms. The molecule has 1 aliphatic rings. The molecule has 1 aromatic heterocycles. The van der Waals surface area contributed by atoms with E-state index in [9.17, 15) is 5.11 Å². The molecular weight excluding hydrogens is 164 g/mol. The Hall–Kier alpha value is -1.09. The van der Waals surface area contributed by atoms with Gasteiger partial charge in [0, 0.05) is 25.7 Å². The van der Waals surface area contributed by atoms with Crippen molar-refractivity contribution in [3.05, 3.63) is 24.0 Å². The molecule has 0 saturated carbocycles. The van der Waals surface area contributed by atoms with Crippen LogP contribution in [0, 0.1) is 0 Å². The highest BCUT2D eigenvalue weighted by Gasteiger charge is 2.19. The summed E-state index contributed by atoms with van der Waals surface area (Å²) >= 11 is 0. The maximum atomic E-state index is 9.28. The molecule has 70 valence electrons. The Kier molecular flexibility index (Phi) is 2.19. The Labute approximate surface area is 78.0 Å². The minimum atomic E-state index is -0.272. The number of fused-ring (bicyclic) bond motifs is 1. The SMILES string of the molecule is CC(O)CN1CCc2ncccc21. The molecule has 0 saturated heterocycles. The number of nitrogens with zero attached hydrogens (tertiary/aromatic N) is 2. The van der Waals surface area contributed by atoms with Crippen LogP contribution in [-0.4, -0.2) is 29.3 Å². The number of hydrogen-bond donors (Lipinski definition) is 1. The van der Waals surface area contributed by atoms with Crippen LogP contribution in [0.2, 0.25) is 0 Å². The topological polar surface area (TPSA) is 36.4 Å². The smallest absolute Gasteiger partial charge is 0.0687 e. The number of hydrogen-bond acceptors (Lipinski definition) is 3. The molecule has 13 heavy (non-hydrogen) atoms. The van der Waals surface area contributed by atoms with Gasteiger partial charge in [0.15, 0.2) is 0 Å². The minimum Gasteiger partial charge on any atom is -0.392 e. The lowest BCUT2D eigenvalue weighted by Gasteiger charge is -2.20. The molecule has 2 heterocycles. The quantitative estimate of drug-likeness (QED) is 0.728. The predicted molar refractivity (Wildman–Crippen MR) is 51.8 cm³/mol. The Balaban J connectivity index is 2.18. The van der Waals surface area contributed by atoms with E-state index in [1.54, 1.807) is 0 Å². The molecular formula is C10H14N2O. The summed E-state index contributed by atoms with van der Waals surface area (Å²) < 4.78 is 0. The van der Waals surface area contributed by atoms with Gasteiger partial charge in [0.25, 0.3) is 0 Å². The highest BCUT2D eigenvalue weighted by atomic mass is 16.3. The number of rotatable bonds is 2. The minimum absolute atomic E-state index is 0.272. The van der Waals surface area contributed by atoms with Gasteiger partial charge in [-0.3, -0.25) is 4.98 Å². The van der Waals surface area contributed by atoms with Crippen molar-refractivity contribution in [3.63, 3.8) is 0 Å². The summed E-state index contributed by atoms with van der Waals surface area (Å²) in [5.41, 5.74) is 2.34. The van der Waals surface area contributed by atoms with Crippen LogP contribution < -0.4 is 4.90 Å². The monoisotopic (exact) mass is 178 g/mol. The molecule has 1 aromatic rings. The van der Waals surface area contributed by atoms with E-state index in [2.05, 4.69) is 16.0 Å². The number of pyridine rings is 1. The number of anilines is 1. The van der Waals surface area contributed by atoms with Crippen molar-refractivity contribution >= 4 is 5.69 Å². The molecule has 0 aromatic carbocycles. The zero-order chi connectivity index (χ0) is 9.26. The van der Waals surface area contributed by atoms with Gasteiger partial charge in [0.05, 0.1) is 17.5 Å². The second-order valence-electron chi connectivity index (χ2n) is 3.51. The summed E-state index contributed by atoms with van der Waals surface area (Å²) in [6.45, 7) is 3.50. The van der Waals surface area contributed by atoms with E-state index in [4.69, 9.17) is 0 Å². The second-order valence-corrected chi connectivity index (χ2v) is 3.51. The van der Waals surface area contributed by atoms with Gasteiger partial charge < -0.3 is 10.0 Å². The van der Waals surface area contributed by atoms with Gasteiger partial charge in [-0.15, -0.1) is 0 Å². The zero-order valence-corrected chi connectivity index (χ0v) is 7.77. The Morgan fingerprint density at radius 1 is 1.69 bits per heavy atom. The van der Waals surface area contributed by atoms with Crippen molar-refractivity contribution in [2.75, 3.05) is 18.0 Å². The first-order valence-corrected chi connectivity index (χ1v) is 4.64. The van der Waals surface area contributed by atoms with E-state index in [1.807, 2.05) is 19.2 Å². The first-order chi connectivity index (χ1) is 6.27. The van der Waals surface area contributed by atoms with Crippen LogP contribution in [0.1, 0.15) is 12.6 Å². The van der Waals surface area contributed by atoms with Crippen LogP contribution in [0.5, 0.6) is 0 Å². The summed E-state index contributed by atoms with van der Waals surface area (Å²) in [6, 6.07) is 4.01. The molecule has 1 atom stereocenters. The third-order valence-electron chi connectivity index (χ3n) is 2.31. The van der Waals surface area contributed by atoms with Crippen LogP contribution >= 0.6 is 0 Å². The van der Waals surface area contributed by atoms with Gasteiger partial charge in [0.1, 0.15) is 0 Å². The fourth-order valence-corrected chi connectivity index (χ4v) is 1.78. The molecule has 0 fully saturated rings. The maximum Gasteiger partial charge on any atom is 0.0687 e. The lowest BCUT2D eigenvalue weighted by atomic mass is 10.3. The van der Waals surface area contributed by atoms with E-state index in [-0.39, 0.29) is 6.10 Å². The number of aromatic nitrogens is 1. The first-order valence-electron chi connectivity index (χ1n) is 4.64. The summed E-state index contributed by atoms with van der Waals surface area (Å²) in [4.78, 5) is 6.48. The van der Waals surface area contributed by atoms with Gasteiger partial charge in [0.2, 0.25) is 0 Å². The standard InChI is InChI=1S/C10H14N2O/c1-8(13)7-12-6-4-9-10(12)3-2-5-11-9/h2-3,5,8,13H,4,6-7H2,1H3. The lowest BCUT2D eigenvalue weighted by molar-refractivity contribution is 0.200. The molecule has 0 amide bonds. The van der Waals surface area contributed by atoms with Crippen molar-refractivity contribution in [1.29, 1.82) is 0 Å². The summed E-state index contributed by atoms with van der Waals surface area (Å²) in [6.07, 6.45) is 2.55. The number of β-amino-alcohol motifs (C(OH)–C–C–N with tert-alkyl or cyclic N) is 1. The zero-order valence-electron chi connectivity index (χ0n) is 7.77. The number of aliphatic hydroxyl groups is 1. The molecule has 0 aliphatic carbocycles. The Morgan fingerprint density at radius 2 is 2.54 bits per heavy atom. The fourth-order valence-electron chi connectivity index (χ4n) is 1.78. The highest BCUT2D eigenvalue weighted by molar-refractivity contribution is 5.54. The Bertz CT molecular complexity index is 299. The van der Waals surface area contributed by atoms with Crippen molar-refractivity contribution < 1.29 is 5.11 Å².